The third kappa shape index (κ3) is 5.04. The lowest BCUT2D eigenvalue weighted by Gasteiger charge is -2.28. The zero-order valence-electron chi connectivity index (χ0n) is 13.7. The molecule has 1 fully saturated rings. The number of amides is 1. The first-order chi connectivity index (χ1) is 10.9. The van der Waals surface area contributed by atoms with Crippen LogP contribution in [-0.4, -0.2) is 32.8 Å². The Balaban J connectivity index is 1.85. The molecule has 0 unspecified atom stereocenters. The van der Waals surface area contributed by atoms with E-state index in [0.717, 1.165) is 19.3 Å². The van der Waals surface area contributed by atoms with Crippen LogP contribution in [0, 0.1) is 5.92 Å². The third-order valence-electron chi connectivity index (χ3n) is 4.34. The van der Waals surface area contributed by atoms with Gasteiger partial charge in [-0.2, -0.15) is 0 Å². The van der Waals surface area contributed by atoms with Gasteiger partial charge in [0.2, 0.25) is 5.91 Å². The van der Waals surface area contributed by atoms with Gasteiger partial charge in [-0.15, -0.1) is 0 Å². The average Bonchev–Trinajstić information content (AvgIpc) is 2.54. The van der Waals surface area contributed by atoms with Crippen molar-refractivity contribution >= 4 is 21.4 Å². The summed E-state index contributed by atoms with van der Waals surface area (Å²) in [4.78, 5) is 12.2. The number of nitrogens with one attached hydrogen (secondary N) is 1. The summed E-state index contributed by atoms with van der Waals surface area (Å²) < 4.78 is 29.2. The lowest BCUT2D eigenvalue weighted by Crippen LogP contribution is -2.29. The Kier molecular flexibility index (Phi) is 6.18. The van der Waals surface area contributed by atoms with Gasteiger partial charge in [0.05, 0.1) is 16.8 Å². The Morgan fingerprint density at radius 2 is 1.87 bits per heavy atom. The second-order valence-corrected chi connectivity index (χ2v) is 8.37. The van der Waals surface area contributed by atoms with Crippen molar-refractivity contribution in [3.05, 3.63) is 24.3 Å². The molecule has 1 aliphatic rings. The predicted molar refractivity (Wildman–Crippen MR) is 90.2 cm³/mol. The molecule has 1 amide bonds. The van der Waals surface area contributed by atoms with Gasteiger partial charge in [0.25, 0.3) is 0 Å². The van der Waals surface area contributed by atoms with E-state index in [1.165, 1.54) is 18.6 Å². The highest BCUT2D eigenvalue weighted by Gasteiger charge is 2.22. The molecule has 1 aromatic carbocycles. The van der Waals surface area contributed by atoms with E-state index in [2.05, 4.69) is 12.2 Å². The van der Waals surface area contributed by atoms with Crippen LogP contribution in [0.2, 0.25) is 0 Å². The second kappa shape index (κ2) is 7.93. The molecule has 0 saturated heterocycles. The zero-order valence-corrected chi connectivity index (χ0v) is 14.6. The molecular weight excluding hydrogens is 314 g/mol. The normalized spacial score (nSPS) is 21.8. The van der Waals surface area contributed by atoms with Crippen LogP contribution in [0.25, 0.3) is 0 Å². The molecule has 0 aromatic heterocycles. The van der Waals surface area contributed by atoms with E-state index in [1.807, 2.05) is 0 Å². The quantitative estimate of drug-likeness (QED) is 0.865. The Morgan fingerprint density at radius 3 is 2.48 bits per heavy atom. The molecule has 1 aromatic rings. The molecule has 1 aliphatic carbocycles. The van der Waals surface area contributed by atoms with Crippen molar-refractivity contribution in [3.63, 3.8) is 0 Å². The van der Waals surface area contributed by atoms with Gasteiger partial charge in [-0.25, -0.2) is 8.42 Å². The first kappa shape index (κ1) is 17.9. The zero-order chi connectivity index (χ0) is 16.9. The summed E-state index contributed by atoms with van der Waals surface area (Å²) in [5.41, 5.74) is 0.574. The van der Waals surface area contributed by atoms with Crippen LogP contribution < -0.4 is 5.32 Å². The molecule has 1 saturated carbocycles. The Bertz CT molecular complexity index is 624. The first-order valence-corrected chi connectivity index (χ1v) is 9.82. The number of sulfone groups is 1. The van der Waals surface area contributed by atoms with Crippen LogP contribution in [0.4, 0.5) is 5.69 Å². The SMILES string of the molecule is CCS(=O)(=O)c1ccc(NC(=O)CO[C@H]2CCCC[C@@H]2C)cc1. The average molecular weight is 339 g/mol. The van der Waals surface area contributed by atoms with Crippen molar-refractivity contribution in [2.75, 3.05) is 17.7 Å². The lowest BCUT2D eigenvalue weighted by molar-refractivity contribution is -0.124. The predicted octanol–water partition coefficient (Wildman–Crippen LogP) is 3.01. The fourth-order valence-electron chi connectivity index (χ4n) is 2.82. The van der Waals surface area contributed by atoms with Gasteiger partial charge in [0.1, 0.15) is 6.61 Å². The fraction of sp³-hybridized carbons (Fsp3) is 0.588. The van der Waals surface area contributed by atoms with Gasteiger partial charge in [-0.05, 0) is 43.0 Å². The second-order valence-electron chi connectivity index (χ2n) is 6.09. The van der Waals surface area contributed by atoms with Crippen LogP contribution in [-0.2, 0) is 19.4 Å². The van der Waals surface area contributed by atoms with Crippen molar-refractivity contribution in [2.24, 2.45) is 5.92 Å². The Morgan fingerprint density at radius 1 is 1.22 bits per heavy atom. The van der Waals surface area contributed by atoms with E-state index in [9.17, 15) is 13.2 Å². The summed E-state index contributed by atoms with van der Waals surface area (Å²) in [5, 5.41) is 2.73. The highest BCUT2D eigenvalue weighted by Crippen LogP contribution is 2.26. The van der Waals surface area contributed by atoms with E-state index in [4.69, 9.17) is 4.74 Å². The first-order valence-electron chi connectivity index (χ1n) is 8.16. The summed E-state index contributed by atoms with van der Waals surface area (Å²) in [6, 6.07) is 6.23. The monoisotopic (exact) mass is 339 g/mol. The smallest absolute Gasteiger partial charge is 0.250 e. The minimum atomic E-state index is -3.21. The number of hydrogen-bond acceptors (Lipinski definition) is 4. The van der Waals surface area contributed by atoms with Crippen molar-refractivity contribution in [2.45, 2.75) is 50.5 Å². The van der Waals surface area contributed by atoms with Gasteiger partial charge in [-0.1, -0.05) is 26.7 Å². The lowest BCUT2D eigenvalue weighted by atomic mass is 9.88. The minimum Gasteiger partial charge on any atom is -0.368 e. The van der Waals surface area contributed by atoms with Crippen LogP contribution in [0.3, 0.4) is 0 Å². The Hall–Kier alpha value is -1.40. The van der Waals surface area contributed by atoms with Crippen molar-refractivity contribution in [1.29, 1.82) is 0 Å². The summed E-state index contributed by atoms with van der Waals surface area (Å²) in [6.45, 7) is 3.80. The maximum atomic E-state index is 11.9. The van der Waals surface area contributed by atoms with Crippen LogP contribution in [0.5, 0.6) is 0 Å². The van der Waals surface area contributed by atoms with E-state index in [0.29, 0.717) is 11.6 Å². The maximum absolute atomic E-state index is 11.9. The number of ether oxygens (including phenoxy) is 1. The van der Waals surface area contributed by atoms with Gasteiger partial charge >= 0.3 is 0 Å². The number of carbonyl (C=O) groups excluding carboxylic acids is 1. The highest BCUT2D eigenvalue weighted by atomic mass is 32.2. The van der Waals surface area contributed by atoms with Gasteiger partial charge in [0.15, 0.2) is 9.84 Å². The summed E-state index contributed by atoms with van der Waals surface area (Å²) in [6.07, 6.45) is 4.72. The number of carbonyl (C=O) groups is 1. The third-order valence-corrected chi connectivity index (χ3v) is 6.09. The molecule has 1 N–H and O–H groups in total. The van der Waals surface area contributed by atoms with Gasteiger partial charge in [-0.3, -0.25) is 4.79 Å². The Labute approximate surface area is 138 Å². The topological polar surface area (TPSA) is 72.5 Å². The molecule has 6 heteroatoms. The van der Waals surface area contributed by atoms with E-state index < -0.39 is 9.84 Å². The number of benzene rings is 1. The molecule has 0 spiro atoms. The number of rotatable bonds is 6. The number of hydrogen-bond donors (Lipinski definition) is 1. The standard InChI is InChI=1S/C17H25NO4S/c1-3-23(20,21)15-10-8-14(9-11-15)18-17(19)12-22-16-7-5-4-6-13(16)2/h8-11,13,16H,3-7,12H2,1-2H3,(H,18,19)/t13-,16-/m0/s1. The molecule has 5 nitrogen and oxygen atoms in total. The largest absolute Gasteiger partial charge is 0.368 e. The molecule has 2 rings (SSSR count). The molecule has 23 heavy (non-hydrogen) atoms. The molecule has 2 atom stereocenters. The molecule has 0 radical (unpaired) electrons. The van der Waals surface area contributed by atoms with Crippen molar-refractivity contribution < 1.29 is 17.9 Å². The van der Waals surface area contributed by atoms with E-state index in [-0.39, 0.29) is 29.3 Å². The maximum Gasteiger partial charge on any atom is 0.250 e. The van der Waals surface area contributed by atoms with Gasteiger partial charge in [0, 0.05) is 5.69 Å². The molecule has 0 heterocycles. The molecule has 128 valence electrons. The van der Waals surface area contributed by atoms with Crippen LogP contribution >= 0.6 is 0 Å². The summed E-state index contributed by atoms with van der Waals surface area (Å²) in [5.74, 6) is 0.343. The van der Waals surface area contributed by atoms with Crippen molar-refractivity contribution in [1.82, 2.24) is 0 Å². The summed E-state index contributed by atoms with van der Waals surface area (Å²) >= 11 is 0. The molecule has 0 bridgehead atoms. The molecule has 0 aliphatic heterocycles. The number of anilines is 1. The summed E-state index contributed by atoms with van der Waals surface area (Å²) in [7, 11) is -3.21. The minimum absolute atomic E-state index is 0.0318. The van der Waals surface area contributed by atoms with E-state index in [1.54, 1.807) is 19.1 Å². The van der Waals surface area contributed by atoms with E-state index >= 15 is 0 Å². The highest BCUT2D eigenvalue weighted by molar-refractivity contribution is 7.91. The fourth-order valence-corrected chi connectivity index (χ4v) is 3.71. The van der Waals surface area contributed by atoms with Crippen LogP contribution in [0.1, 0.15) is 39.5 Å². The van der Waals surface area contributed by atoms with Crippen molar-refractivity contribution in [3.8, 4) is 0 Å². The van der Waals surface area contributed by atoms with Gasteiger partial charge < -0.3 is 10.1 Å². The van der Waals surface area contributed by atoms with Crippen LogP contribution in [0.15, 0.2) is 29.2 Å². The molecular formula is C17H25NO4S.